The number of halogens is 1. The number of piperazine rings is 1. The van der Waals surface area contributed by atoms with Gasteiger partial charge in [-0.25, -0.2) is 4.39 Å². The van der Waals surface area contributed by atoms with E-state index in [-0.39, 0.29) is 29.6 Å². The molecule has 3 aliphatic rings. The molecule has 0 unspecified atom stereocenters. The monoisotopic (exact) mass is 482 g/mol. The molecular weight excluding hydrogens is 451 g/mol. The van der Waals surface area contributed by atoms with Gasteiger partial charge in [-0.15, -0.1) is 0 Å². The van der Waals surface area contributed by atoms with Gasteiger partial charge in [-0.2, -0.15) is 0 Å². The van der Waals surface area contributed by atoms with Crippen molar-refractivity contribution < 1.29 is 23.5 Å². The molecule has 5 rings (SSSR count). The molecule has 2 amide bonds. The van der Waals surface area contributed by atoms with E-state index in [1.807, 2.05) is 23.1 Å². The van der Waals surface area contributed by atoms with E-state index in [9.17, 15) is 14.0 Å². The second-order valence-electron chi connectivity index (χ2n) is 9.29. The van der Waals surface area contributed by atoms with Crippen molar-refractivity contribution in [1.82, 2.24) is 9.80 Å². The molecule has 3 aliphatic heterocycles. The summed E-state index contributed by atoms with van der Waals surface area (Å²) in [6.45, 7) is 4.78. The van der Waals surface area contributed by atoms with Crippen LogP contribution in [-0.2, 0) is 20.7 Å². The molecule has 0 saturated carbocycles. The number of hydrogen-bond acceptors (Lipinski definition) is 6. The van der Waals surface area contributed by atoms with Crippen LogP contribution in [0.1, 0.15) is 5.56 Å². The molecule has 3 heterocycles. The van der Waals surface area contributed by atoms with E-state index in [2.05, 4.69) is 15.1 Å². The van der Waals surface area contributed by atoms with Crippen molar-refractivity contribution in [1.29, 1.82) is 0 Å². The first-order valence-corrected chi connectivity index (χ1v) is 12.1. The van der Waals surface area contributed by atoms with Gasteiger partial charge in [0.25, 0.3) is 0 Å². The van der Waals surface area contributed by atoms with Crippen LogP contribution in [0.5, 0.6) is 5.75 Å². The van der Waals surface area contributed by atoms with Crippen LogP contribution in [0.15, 0.2) is 42.5 Å². The van der Waals surface area contributed by atoms with Gasteiger partial charge in [0.2, 0.25) is 11.8 Å². The van der Waals surface area contributed by atoms with Crippen LogP contribution in [0.2, 0.25) is 0 Å². The summed E-state index contributed by atoms with van der Waals surface area (Å²) >= 11 is 0. The number of benzene rings is 2. The minimum absolute atomic E-state index is 0.0960. The van der Waals surface area contributed by atoms with Gasteiger partial charge >= 0.3 is 0 Å². The van der Waals surface area contributed by atoms with E-state index < -0.39 is 0 Å². The molecule has 2 atom stereocenters. The normalized spacial score (nSPS) is 22.2. The zero-order valence-corrected chi connectivity index (χ0v) is 19.9. The topological polar surface area (TPSA) is 74.3 Å². The maximum atomic E-state index is 13.5. The second-order valence-corrected chi connectivity index (χ2v) is 9.29. The first-order chi connectivity index (χ1) is 17.0. The molecule has 8 nitrogen and oxygen atoms in total. The summed E-state index contributed by atoms with van der Waals surface area (Å²) < 4.78 is 24.2. The fourth-order valence-electron chi connectivity index (χ4n) is 5.28. The lowest BCUT2D eigenvalue weighted by Gasteiger charge is -2.49. The maximum absolute atomic E-state index is 13.5. The number of fused-ring (bicyclic) bond motifs is 3. The Hall–Kier alpha value is -3.17. The van der Waals surface area contributed by atoms with E-state index >= 15 is 0 Å². The fourth-order valence-corrected chi connectivity index (χ4v) is 5.28. The number of anilines is 2. The number of rotatable bonds is 5. The molecule has 2 aromatic carbocycles. The molecular formula is C26H31FN4O4. The van der Waals surface area contributed by atoms with Crippen LogP contribution >= 0.6 is 0 Å². The number of morpholine rings is 1. The fraction of sp³-hybridized carbons (Fsp3) is 0.462. The Balaban J connectivity index is 1.36. The van der Waals surface area contributed by atoms with Crippen LogP contribution in [0.25, 0.3) is 0 Å². The summed E-state index contributed by atoms with van der Waals surface area (Å²) in [4.78, 5) is 32.6. The summed E-state index contributed by atoms with van der Waals surface area (Å²) in [7, 11) is 1.65. The third-order valence-electron chi connectivity index (χ3n) is 7.18. The predicted molar refractivity (Wildman–Crippen MR) is 130 cm³/mol. The molecule has 0 bridgehead atoms. The van der Waals surface area contributed by atoms with Crippen molar-refractivity contribution in [3.8, 4) is 5.75 Å². The molecule has 0 radical (unpaired) electrons. The Morgan fingerprint density at radius 2 is 1.86 bits per heavy atom. The van der Waals surface area contributed by atoms with Gasteiger partial charge in [0.05, 0.1) is 38.8 Å². The number of hydrogen-bond donors (Lipinski definition) is 1. The summed E-state index contributed by atoms with van der Waals surface area (Å²) in [5.41, 5.74) is 2.75. The number of ether oxygens (including phenoxy) is 2. The van der Waals surface area contributed by atoms with Crippen molar-refractivity contribution in [3.05, 3.63) is 53.8 Å². The van der Waals surface area contributed by atoms with E-state index in [1.54, 1.807) is 19.2 Å². The quantitative estimate of drug-likeness (QED) is 0.703. The van der Waals surface area contributed by atoms with Crippen LogP contribution < -0.4 is 15.0 Å². The molecule has 1 N–H and O–H groups in total. The summed E-state index contributed by atoms with van der Waals surface area (Å²) in [5.74, 6) is 0.118. The SMILES string of the molecule is COc1ccc2c(c1)N1CCN(CC(=O)N3CCOCC3)C[C@H]1[C@H](C(=O)Nc1ccc(F)cc1)C2. The summed E-state index contributed by atoms with van der Waals surface area (Å²) in [5, 5.41) is 2.97. The third-order valence-corrected chi connectivity index (χ3v) is 7.18. The summed E-state index contributed by atoms with van der Waals surface area (Å²) in [6, 6.07) is 11.7. The molecule has 2 aromatic rings. The predicted octanol–water partition coefficient (Wildman–Crippen LogP) is 1.99. The van der Waals surface area contributed by atoms with Gasteiger partial charge < -0.3 is 24.6 Å². The molecule has 35 heavy (non-hydrogen) atoms. The zero-order chi connectivity index (χ0) is 24.4. The van der Waals surface area contributed by atoms with E-state index in [0.29, 0.717) is 58.0 Å². The van der Waals surface area contributed by atoms with E-state index in [1.165, 1.54) is 12.1 Å². The highest BCUT2D eigenvalue weighted by molar-refractivity contribution is 5.94. The number of nitrogens with one attached hydrogen (secondary N) is 1. The van der Waals surface area contributed by atoms with Crippen molar-refractivity contribution >= 4 is 23.2 Å². The van der Waals surface area contributed by atoms with E-state index in [0.717, 1.165) is 23.5 Å². The average Bonchev–Trinajstić information content (AvgIpc) is 2.89. The Bertz CT molecular complexity index is 1070. The third kappa shape index (κ3) is 5.11. The highest BCUT2D eigenvalue weighted by atomic mass is 19.1. The number of nitrogens with zero attached hydrogens (tertiary/aromatic N) is 3. The Morgan fingerprint density at radius 3 is 2.60 bits per heavy atom. The second kappa shape index (κ2) is 10.2. The van der Waals surface area contributed by atoms with Crippen molar-refractivity contribution in [2.75, 3.05) is 69.8 Å². The average molecular weight is 483 g/mol. The molecule has 0 spiro atoms. The first-order valence-electron chi connectivity index (χ1n) is 12.1. The number of amides is 2. The van der Waals surface area contributed by atoms with Crippen LogP contribution in [0, 0.1) is 11.7 Å². The van der Waals surface area contributed by atoms with Crippen LogP contribution in [-0.4, -0.2) is 87.2 Å². The van der Waals surface area contributed by atoms with Crippen LogP contribution in [0.4, 0.5) is 15.8 Å². The maximum Gasteiger partial charge on any atom is 0.236 e. The first kappa shape index (κ1) is 23.6. The van der Waals surface area contributed by atoms with Gasteiger partial charge in [-0.3, -0.25) is 14.5 Å². The van der Waals surface area contributed by atoms with Crippen molar-refractivity contribution in [2.24, 2.45) is 5.92 Å². The van der Waals surface area contributed by atoms with Gasteiger partial charge in [-0.05, 0) is 42.3 Å². The van der Waals surface area contributed by atoms with Crippen molar-refractivity contribution in [2.45, 2.75) is 12.5 Å². The van der Waals surface area contributed by atoms with Gasteiger partial charge in [0.15, 0.2) is 0 Å². The lowest BCUT2D eigenvalue weighted by Crippen LogP contribution is -2.61. The van der Waals surface area contributed by atoms with E-state index in [4.69, 9.17) is 9.47 Å². The Kier molecular flexibility index (Phi) is 6.88. The molecule has 9 heteroatoms. The highest BCUT2D eigenvalue weighted by Gasteiger charge is 2.42. The van der Waals surface area contributed by atoms with Crippen molar-refractivity contribution in [3.63, 3.8) is 0 Å². The Morgan fingerprint density at radius 1 is 1.09 bits per heavy atom. The van der Waals surface area contributed by atoms with Crippen LogP contribution in [0.3, 0.4) is 0 Å². The summed E-state index contributed by atoms with van der Waals surface area (Å²) in [6.07, 6.45) is 0.582. The molecule has 186 valence electrons. The van der Waals surface area contributed by atoms with Gasteiger partial charge in [0, 0.05) is 50.2 Å². The molecule has 2 fully saturated rings. The zero-order valence-electron chi connectivity index (χ0n) is 19.9. The molecule has 0 aromatic heterocycles. The van der Waals surface area contributed by atoms with Gasteiger partial charge in [0.1, 0.15) is 11.6 Å². The molecule has 0 aliphatic carbocycles. The number of carbonyl (C=O) groups excluding carboxylic acids is 2. The lowest BCUT2D eigenvalue weighted by molar-refractivity contribution is -0.136. The van der Waals surface area contributed by atoms with Gasteiger partial charge in [-0.1, -0.05) is 6.07 Å². The number of carbonyl (C=O) groups is 2. The highest BCUT2D eigenvalue weighted by Crippen LogP contribution is 2.38. The number of methoxy groups -OCH3 is 1. The minimum atomic E-state index is -0.345. The lowest BCUT2D eigenvalue weighted by atomic mass is 9.83. The standard InChI is InChI=1S/C26H31FN4O4/c1-34-21-7-2-18-14-22(26(33)28-20-5-3-19(27)4-6-20)24-16-29(8-9-31(24)23(18)15-21)17-25(32)30-10-12-35-13-11-30/h2-7,15,22,24H,8-14,16-17H2,1H3,(H,28,33)/t22-,24+/m1/s1. The Labute approximate surface area is 204 Å². The minimum Gasteiger partial charge on any atom is -0.497 e. The largest absolute Gasteiger partial charge is 0.497 e. The molecule has 2 saturated heterocycles. The smallest absolute Gasteiger partial charge is 0.236 e.